The Bertz CT molecular complexity index is 1160. The van der Waals surface area contributed by atoms with Gasteiger partial charge in [0.25, 0.3) is 0 Å². The van der Waals surface area contributed by atoms with E-state index in [4.69, 9.17) is 4.74 Å². The second-order valence-corrected chi connectivity index (χ2v) is 10.4. The van der Waals surface area contributed by atoms with Crippen molar-refractivity contribution in [2.24, 2.45) is 5.92 Å². The number of amides is 4. The van der Waals surface area contributed by atoms with E-state index < -0.39 is 35.5 Å². The summed E-state index contributed by atoms with van der Waals surface area (Å²) in [5.74, 6) is -1.50. The molecule has 11 nitrogen and oxygen atoms in total. The van der Waals surface area contributed by atoms with Crippen LogP contribution in [-0.2, 0) is 30.3 Å². The van der Waals surface area contributed by atoms with E-state index in [-0.39, 0.29) is 37.2 Å². The zero-order chi connectivity index (χ0) is 26.6. The minimum atomic E-state index is -0.910. The van der Waals surface area contributed by atoms with Gasteiger partial charge in [0.1, 0.15) is 18.1 Å². The molecule has 0 radical (unpaired) electrons. The Morgan fingerprint density at radius 2 is 1.73 bits per heavy atom. The lowest BCUT2D eigenvalue weighted by atomic mass is 9.96. The topological polar surface area (TPSA) is 153 Å². The minimum Gasteiger partial charge on any atom is -0.377 e. The van der Waals surface area contributed by atoms with Gasteiger partial charge in [-0.1, -0.05) is 32.0 Å². The molecule has 6 N–H and O–H groups in total. The van der Waals surface area contributed by atoms with E-state index >= 15 is 0 Å². The van der Waals surface area contributed by atoms with E-state index in [2.05, 4.69) is 31.6 Å². The van der Waals surface area contributed by atoms with Crippen molar-refractivity contribution < 1.29 is 23.9 Å². The second-order valence-electron chi connectivity index (χ2n) is 10.4. The predicted molar refractivity (Wildman–Crippen MR) is 137 cm³/mol. The molecule has 2 fully saturated rings. The molecule has 11 heteroatoms. The maximum Gasteiger partial charge on any atom is 0.243 e. The van der Waals surface area contributed by atoms with Crippen molar-refractivity contribution in [3.63, 3.8) is 0 Å². The van der Waals surface area contributed by atoms with Gasteiger partial charge in [0, 0.05) is 30.1 Å². The van der Waals surface area contributed by atoms with Crippen molar-refractivity contribution in [2.75, 3.05) is 26.3 Å². The van der Waals surface area contributed by atoms with E-state index in [1.807, 2.05) is 44.3 Å². The van der Waals surface area contributed by atoms with Gasteiger partial charge in [-0.3, -0.25) is 24.5 Å². The van der Waals surface area contributed by atoms with Crippen LogP contribution in [0.2, 0.25) is 0 Å². The highest BCUT2D eigenvalue weighted by Crippen LogP contribution is 2.20. The molecule has 3 heterocycles. The van der Waals surface area contributed by atoms with Crippen LogP contribution < -0.4 is 26.6 Å². The fourth-order valence-electron chi connectivity index (χ4n) is 4.62. The molecule has 1 aromatic carbocycles. The number of hydrogen-bond donors (Lipinski definition) is 6. The first kappa shape index (κ1) is 26.6. The molecule has 2 aliphatic heterocycles. The molecule has 4 rings (SSSR count). The number of aromatic nitrogens is 1. The number of aromatic amines is 1. The summed E-state index contributed by atoms with van der Waals surface area (Å²) in [6.07, 6.45) is 2.51. The Hall–Kier alpha value is -3.44. The SMILES string of the molecule is CC(C)C[C@@H]1NC(=O)CNC2(CNC(=O)[C@H](Cc3c[nH]c4ccccc34)NC(=O)[C@H](C)NC1=O)COC2. The maximum atomic E-state index is 13.3. The van der Waals surface area contributed by atoms with Crippen LogP contribution in [0.5, 0.6) is 0 Å². The van der Waals surface area contributed by atoms with Crippen LogP contribution in [0, 0.1) is 5.92 Å². The van der Waals surface area contributed by atoms with Crippen LogP contribution in [0.3, 0.4) is 0 Å². The summed E-state index contributed by atoms with van der Waals surface area (Å²) in [6, 6.07) is 5.17. The number of H-pyrrole nitrogens is 1. The van der Waals surface area contributed by atoms with Crippen molar-refractivity contribution in [3.8, 4) is 0 Å². The van der Waals surface area contributed by atoms with Gasteiger partial charge in [-0.15, -0.1) is 0 Å². The molecule has 0 unspecified atom stereocenters. The number of hydrogen-bond acceptors (Lipinski definition) is 6. The largest absolute Gasteiger partial charge is 0.377 e. The van der Waals surface area contributed by atoms with Gasteiger partial charge in [0.2, 0.25) is 23.6 Å². The Labute approximate surface area is 215 Å². The molecule has 2 saturated heterocycles. The first-order valence-electron chi connectivity index (χ1n) is 12.7. The van der Waals surface area contributed by atoms with E-state index in [1.54, 1.807) is 6.92 Å². The van der Waals surface area contributed by atoms with E-state index in [0.29, 0.717) is 19.6 Å². The molecule has 0 bridgehead atoms. The lowest BCUT2D eigenvalue weighted by Gasteiger charge is -2.42. The summed E-state index contributed by atoms with van der Waals surface area (Å²) in [4.78, 5) is 55.3. The zero-order valence-electron chi connectivity index (χ0n) is 21.5. The van der Waals surface area contributed by atoms with Gasteiger partial charge in [0.05, 0.1) is 25.3 Å². The van der Waals surface area contributed by atoms with Crippen molar-refractivity contribution >= 4 is 34.5 Å². The summed E-state index contributed by atoms with van der Waals surface area (Å²) < 4.78 is 5.37. The van der Waals surface area contributed by atoms with E-state index in [1.165, 1.54) is 0 Å². The molecule has 2 aromatic rings. The first-order chi connectivity index (χ1) is 17.7. The van der Waals surface area contributed by atoms with Gasteiger partial charge in [-0.05, 0) is 30.9 Å². The van der Waals surface area contributed by atoms with Crippen LogP contribution in [0.25, 0.3) is 10.9 Å². The number of nitrogens with one attached hydrogen (secondary N) is 6. The predicted octanol–water partition coefficient (Wildman–Crippen LogP) is -0.281. The molecule has 200 valence electrons. The van der Waals surface area contributed by atoms with Crippen molar-refractivity contribution in [3.05, 3.63) is 36.0 Å². The Morgan fingerprint density at radius 1 is 0.973 bits per heavy atom. The molecule has 37 heavy (non-hydrogen) atoms. The van der Waals surface area contributed by atoms with Crippen molar-refractivity contribution in [2.45, 2.75) is 57.3 Å². The summed E-state index contributed by atoms with van der Waals surface area (Å²) in [7, 11) is 0. The average Bonchev–Trinajstić information content (AvgIpc) is 3.24. The molecule has 2 aliphatic rings. The average molecular weight is 513 g/mol. The van der Waals surface area contributed by atoms with Crippen LogP contribution >= 0.6 is 0 Å². The fraction of sp³-hybridized carbons (Fsp3) is 0.538. The third-order valence-electron chi connectivity index (χ3n) is 6.82. The monoisotopic (exact) mass is 512 g/mol. The second kappa shape index (κ2) is 11.3. The van der Waals surface area contributed by atoms with Gasteiger partial charge >= 0.3 is 0 Å². The van der Waals surface area contributed by atoms with Gasteiger partial charge in [-0.25, -0.2) is 0 Å². The number of carbonyl (C=O) groups is 4. The molecular weight excluding hydrogens is 476 g/mol. The number of carbonyl (C=O) groups excluding carboxylic acids is 4. The van der Waals surface area contributed by atoms with Crippen molar-refractivity contribution in [1.82, 2.24) is 31.6 Å². The number of fused-ring (bicyclic) bond motifs is 1. The smallest absolute Gasteiger partial charge is 0.243 e. The standard InChI is InChI=1S/C26H36N6O5/c1-15(2)8-20-25(36)30-16(3)23(34)32-21(9-17-10-27-19-7-5-4-6-18(17)19)24(35)28-12-26(13-37-14-26)29-11-22(33)31-20/h4-7,10,15-16,20-21,27,29H,8-9,11-14H2,1-3H3,(H,28,35)(H,30,36)(H,31,33)(H,32,34)/t16-,20-,21-/m0/s1. The number of benzene rings is 1. The van der Waals surface area contributed by atoms with Gasteiger partial charge < -0.3 is 31.0 Å². The molecule has 0 saturated carbocycles. The maximum absolute atomic E-state index is 13.3. The van der Waals surface area contributed by atoms with Crippen molar-refractivity contribution in [1.29, 1.82) is 0 Å². The third kappa shape index (κ3) is 6.47. The van der Waals surface area contributed by atoms with E-state index in [0.717, 1.165) is 16.5 Å². The molecule has 0 aliphatic carbocycles. The zero-order valence-corrected chi connectivity index (χ0v) is 21.5. The fourth-order valence-corrected chi connectivity index (χ4v) is 4.62. The quantitative estimate of drug-likeness (QED) is 0.331. The lowest BCUT2D eigenvalue weighted by molar-refractivity contribution is -0.133. The summed E-state index contributed by atoms with van der Waals surface area (Å²) >= 11 is 0. The number of ether oxygens (including phenoxy) is 1. The van der Waals surface area contributed by atoms with E-state index in [9.17, 15) is 19.2 Å². The highest BCUT2D eigenvalue weighted by Gasteiger charge is 2.40. The summed E-state index contributed by atoms with van der Waals surface area (Å²) in [5.41, 5.74) is 1.22. The normalized spacial score (nSPS) is 25.5. The first-order valence-corrected chi connectivity index (χ1v) is 12.7. The van der Waals surface area contributed by atoms with Crippen LogP contribution in [-0.4, -0.2) is 78.6 Å². The number of rotatable bonds is 4. The lowest BCUT2D eigenvalue weighted by Crippen LogP contribution is -2.68. The van der Waals surface area contributed by atoms with Gasteiger partial charge in [-0.2, -0.15) is 0 Å². The molecule has 1 spiro atoms. The van der Waals surface area contributed by atoms with Gasteiger partial charge in [0.15, 0.2) is 0 Å². The molecule has 3 atom stereocenters. The Morgan fingerprint density at radius 3 is 2.43 bits per heavy atom. The van der Waals surface area contributed by atoms with Crippen LogP contribution in [0.1, 0.15) is 32.8 Å². The molecule has 4 amide bonds. The minimum absolute atomic E-state index is 0.0351. The highest BCUT2D eigenvalue weighted by atomic mass is 16.5. The molecular formula is C26H36N6O5. The third-order valence-corrected chi connectivity index (χ3v) is 6.82. The van der Waals surface area contributed by atoms with Crippen LogP contribution in [0.15, 0.2) is 30.5 Å². The summed E-state index contributed by atoms with van der Waals surface area (Å²) in [5, 5.41) is 15.4. The Kier molecular flexibility index (Phi) is 8.13. The van der Waals surface area contributed by atoms with Crippen LogP contribution in [0.4, 0.5) is 0 Å². The molecule has 1 aromatic heterocycles. The Balaban J connectivity index is 1.58. The highest BCUT2D eigenvalue weighted by molar-refractivity contribution is 5.94. The number of para-hydroxylation sites is 1. The summed E-state index contributed by atoms with van der Waals surface area (Å²) in [6.45, 7) is 6.31.